The number of nitriles is 1. The van der Waals surface area contributed by atoms with Crippen LogP contribution < -0.4 is 0 Å². The Morgan fingerprint density at radius 1 is 1.14 bits per heavy atom. The quantitative estimate of drug-likeness (QED) is 0.427. The fourth-order valence-electron chi connectivity index (χ4n) is 0.762. The third kappa shape index (κ3) is 1.42. The maximum absolute atomic E-state index is 12.7. The molecule has 7 heteroatoms. The Morgan fingerprint density at radius 3 is 1.93 bits per heavy atom. The standard InChI is InChI=1S/C7HF4N3/c8-4-3(2(13)1-12)5(9)7(11)14-6(4)10/h13H. The van der Waals surface area contributed by atoms with Crippen molar-refractivity contribution in [3.8, 4) is 6.07 Å². The third-order valence-corrected chi connectivity index (χ3v) is 1.36. The summed E-state index contributed by atoms with van der Waals surface area (Å²) < 4.78 is 50.3. The highest BCUT2D eigenvalue weighted by atomic mass is 19.2. The van der Waals surface area contributed by atoms with Crippen LogP contribution in [0, 0.1) is 40.3 Å². The topological polar surface area (TPSA) is 60.5 Å². The highest BCUT2D eigenvalue weighted by Crippen LogP contribution is 2.16. The Kier molecular flexibility index (Phi) is 2.47. The van der Waals surface area contributed by atoms with E-state index in [1.807, 2.05) is 0 Å². The van der Waals surface area contributed by atoms with Gasteiger partial charge in [0.05, 0.1) is 5.56 Å². The Morgan fingerprint density at radius 2 is 1.57 bits per heavy atom. The van der Waals surface area contributed by atoms with Crippen molar-refractivity contribution in [2.45, 2.75) is 0 Å². The summed E-state index contributed by atoms with van der Waals surface area (Å²) in [4.78, 5) is 2.26. The zero-order valence-corrected chi connectivity index (χ0v) is 6.41. The second-order valence-electron chi connectivity index (χ2n) is 2.18. The molecule has 0 amide bonds. The molecule has 72 valence electrons. The van der Waals surface area contributed by atoms with Gasteiger partial charge >= 0.3 is 0 Å². The maximum atomic E-state index is 12.7. The number of nitrogens with one attached hydrogen (secondary N) is 1. The number of nitrogens with zero attached hydrogens (tertiary/aromatic N) is 2. The van der Waals surface area contributed by atoms with Gasteiger partial charge in [-0.15, -0.1) is 0 Å². The van der Waals surface area contributed by atoms with Crippen LogP contribution in [-0.2, 0) is 0 Å². The van der Waals surface area contributed by atoms with Crippen molar-refractivity contribution in [2.75, 3.05) is 0 Å². The van der Waals surface area contributed by atoms with Gasteiger partial charge in [0, 0.05) is 0 Å². The molecule has 0 fully saturated rings. The van der Waals surface area contributed by atoms with Crippen molar-refractivity contribution in [2.24, 2.45) is 0 Å². The van der Waals surface area contributed by atoms with Gasteiger partial charge in [0.15, 0.2) is 11.6 Å². The zero-order chi connectivity index (χ0) is 10.9. The maximum Gasteiger partial charge on any atom is 0.252 e. The normalized spacial score (nSPS) is 9.64. The Hall–Kier alpha value is -1.97. The van der Waals surface area contributed by atoms with E-state index in [2.05, 4.69) is 4.98 Å². The van der Waals surface area contributed by atoms with Crippen LogP contribution in [0.1, 0.15) is 5.56 Å². The molecular formula is C7HF4N3. The lowest BCUT2D eigenvalue weighted by Gasteiger charge is -2.01. The minimum atomic E-state index is -1.89. The second kappa shape index (κ2) is 3.41. The Bertz CT molecular complexity index is 423. The van der Waals surface area contributed by atoms with Gasteiger partial charge in [-0.2, -0.15) is 19.0 Å². The molecule has 1 rings (SSSR count). The van der Waals surface area contributed by atoms with Crippen molar-refractivity contribution < 1.29 is 17.6 Å². The smallest absolute Gasteiger partial charge is 0.252 e. The summed E-state index contributed by atoms with van der Waals surface area (Å²) in [7, 11) is 0. The number of pyridine rings is 1. The van der Waals surface area contributed by atoms with Crippen molar-refractivity contribution in [1.29, 1.82) is 10.7 Å². The highest BCUT2D eigenvalue weighted by molar-refractivity contribution is 6.09. The lowest BCUT2D eigenvalue weighted by atomic mass is 10.1. The molecule has 1 aromatic heterocycles. The van der Waals surface area contributed by atoms with Gasteiger partial charge < -0.3 is 0 Å². The van der Waals surface area contributed by atoms with E-state index in [0.717, 1.165) is 6.07 Å². The molecule has 0 atom stereocenters. The molecule has 14 heavy (non-hydrogen) atoms. The van der Waals surface area contributed by atoms with E-state index >= 15 is 0 Å². The van der Waals surface area contributed by atoms with E-state index in [-0.39, 0.29) is 0 Å². The average Bonchev–Trinajstić information content (AvgIpc) is 2.15. The van der Waals surface area contributed by atoms with Gasteiger partial charge in [-0.3, -0.25) is 5.41 Å². The first kappa shape index (κ1) is 10.1. The van der Waals surface area contributed by atoms with E-state index < -0.39 is 34.8 Å². The fourth-order valence-corrected chi connectivity index (χ4v) is 0.762. The van der Waals surface area contributed by atoms with Gasteiger partial charge in [0.1, 0.15) is 11.8 Å². The summed E-state index contributed by atoms with van der Waals surface area (Å²) in [5, 5.41) is 14.9. The van der Waals surface area contributed by atoms with E-state index in [0.29, 0.717) is 0 Å². The third-order valence-electron chi connectivity index (χ3n) is 1.36. The van der Waals surface area contributed by atoms with Gasteiger partial charge in [0.25, 0.3) is 11.9 Å². The predicted molar refractivity (Wildman–Crippen MR) is 36.5 cm³/mol. The van der Waals surface area contributed by atoms with Crippen LogP contribution in [0.4, 0.5) is 17.6 Å². The molecule has 0 aliphatic carbocycles. The summed E-state index contributed by atoms with van der Waals surface area (Å²) in [6, 6.07) is 1.06. The van der Waals surface area contributed by atoms with Crippen molar-refractivity contribution in [3.63, 3.8) is 0 Å². The summed E-state index contributed by atoms with van der Waals surface area (Å²) >= 11 is 0. The van der Waals surface area contributed by atoms with Crippen LogP contribution in [0.5, 0.6) is 0 Å². The number of rotatable bonds is 1. The second-order valence-corrected chi connectivity index (χ2v) is 2.18. The van der Waals surface area contributed by atoms with Crippen molar-refractivity contribution in [1.82, 2.24) is 4.98 Å². The van der Waals surface area contributed by atoms with Crippen LogP contribution in [0.3, 0.4) is 0 Å². The number of hydrogen-bond donors (Lipinski definition) is 1. The first-order valence-corrected chi connectivity index (χ1v) is 3.18. The molecule has 3 nitrogen and oxygen atoms in total. The molecule has 1 N–H and O–H groups in total. The SMILES string of the molecule is N#CC(=N)c1c(F)c(F)nc(F)c1F. The van der Waals surface area contributed by atoms with Crippen LogP contribution in [0.25, 0.3) is 0 Å². The minimum Gasteiger partial charge on any atom is -0.289 e. The van der Waals surface area contributed by atoms with Crippen LogP contribution in [0.15, 0.2) is 0 Å². The monoisotopic (exact) mass is 203 g/mol. The molecule has 0 spiro atoms. The molecule has 0 aliphatic rings. The van der Waals surface area contributed by atoms with E-state index in [1.165, 1.54) is 0 Å². The first-order valence-electron chi connectivity index (χ1n) is 3.18. The number of halogens is 4. The molecule has 0 saturated carbocycles. The lowest BCUT2D eigenvalue weighted by molar-refractivity contribution is 0.405. The molecule has 1 heterocycles. The van der Waals surface area contributed by atoms with Crippen molar-refractivity contribution >= 4 is 5.71 Å². The summed E-state index contributed by atoms with van der Waals surface area (Å²) in [5.74, 6) is -7.48. The summed E-state index contributed by atoms with van der Waals surface area (Å²) in [6.07, 6.45) is 0. The zero-order valence-electron chi connectivity index (χ0n) is 6.41. The first-order chi connectivity index (χ1) is 6.49. The molecule has 0 aliphatic heterocycles. The summed E-state index contributed by atoms with van der Waals surface area (Å²) in [5.41, 5.74) is -2.56. The van der Waals surface area contributed by atoms with Gasteiger partial charge in [-0.25, -0.2) is 8.78 Å². The molecule has 1 aromatic rings. The Labute approximate surface area is 75.1 Å². The highest BCUT2D eigenvalue weighted by Gasteiger charge is 2.23. The molecule has 0 bridgehead atoms. The van der Waals surface area contributed by atoms with Crippen molar-refractivity contribution in [3.05, 3.63) is 29.1 Å². The predicted octanol–water partition coefficient (Wildman–Crippen LogP) is 1.53. The molecule has 0 unspecified atom stereocenters. The summed E-state index contributed by atoms with van der Waals surface area (Å²) in [6.45, 7) is 0. The largest absolute Gasteiger partial charge is 0.289 e. The van der Waals surface area contributed by atoms with Crippen LogP contribution >= 0.6 is 0 Å². The van der Waals surface area contributed by atoms with Gasteiger partial charge in [-0.1, -0.05) is 0 Å². The van der Waals surface area contributed by atoms with Gasteiger partial charge in [-0.05, 0) is 0 Å². The number of hydrogen-bond acceptors (Lipinski definition) is 3. The van der Waals surface area contributed by atoms with Crippen LogP contribution in [-0.4, -0.2) is 10.7 Å². The lowest BCUT2D eigenvalue weighted by Crippen LogP contribution is -2.10. The van der Waals surface area contributed by atoms with E-state index in [4.69, 9.17) is 10.7 Å². The number of aromatic nitrogens is 1. The fraction of sp³-hybridized carbons (Fsp3) is 0. The van der Waals surface area contributed by atoms with E-state index in [9.17, 15) is 17.6 Å². The molecule has 0 aromatic carbocycles. The molecule has 0 radical (unpaired) electrons. The molecule has 0 saturated heterocycles. The Balaban J connectivity index is 3.57. The van der Waals surface area contributed by atoms with E-state index in [1.54, 1.807) is 0 Å². The molecular weight excluding hydrogens is 202 g/mol. The average molecular weight is 203 g/mol. The van der Waals surface area contributed by atoms with Crippen LogP contribution in [0.2, 0.25) is 0 Å². The van der Waals surface area contributed by atoms with Gasteiger partial charge in [0.2, 0.25) is 0 Å². The minimum absolute atomic E-state index is 1.06.